The van der Waals surface area contributed by atoms with Gasteiger partial charge in [-0.05, 0) is 35.0 Å². The maximum absolute atomic E-state index is 5.15. The molecule has 0 fully saturated rings. The maximum Gasteiger partial charge on any atom is 0.221 e. The van der Waals surface area contributed by atoms with Gasteiger partial charge in [0.2, 0.25) is 5.78 Å². The first kappa shape index (κ1) is 19.4. The van der Waals surface area contributed by atoms with E-state index in [0.29, 0.717) is 0 Å². The number of nitrogens with zero attached hydrogens (tertiary/aromatic N) is 4. The second-order valence-corrected chi connectivity index (χ2v) is 9.11. The Bertz CT molecular complexity index is 2100. The van der Waals surface area contributed by atoms with E-state index in [1.807, 2.05) is 24.3 Å². The van der Waals surface area contributed by atoms with Crippen LogP contribution in [-0.2, 0) is 0 Å². The Morgan fingerprint density at radius 2 is 1.11 bits per heavy atom. The molecule has 0 N–H and O–H groups in total. The average molecular weight is 461 g/mol. The summed E-state index contributed by atoms with van der Waals surface area (Å²) in [6, 6.07) is 42.2. The molecular weight excluding hydrogens is 440 g/mol. The molecule has 4 heteroatoms. The Hall–Kier alpha value is -4.96. The standard InChI is InChI=1S/C32H20N4/c1-2-11-21(12-3-1)26-18-10-20-29(33-26)36-31-25-16-7-5-14-23(25)22-13-4-6-15-24(22)30(31)35-28-19-9-8-17-27(28)34-32(35)36/h1-20H. The molecule has 3 aromatic heterocycles. The van der Waals surface area contributed by atoms with Gasteiger partial charge in [-0.15, -0.1) is 0 Å². The van der Waals surface area contributed by atoms with E-state index in [0.717, 1.165) is 44.9 Å². The van der Waals surface area contributed by atoms with E-state index in [4.69, 9.17) is 9.97 Å². The molecule has 8 aromatic rings. The van der Waals surface area contributed by atoms with E-state index in [-0.39, 0.29) is 0 Å². The summed E-state index contributed by atoms with van der Waals surface area (Å²) in [5, 5.41) is 4.86. The third-order valence-electron chi connectivity index (χ3n) is 7.10. The lowest BCUT2D eigenvalue weighted by Crippen LogP contribution is -2.00. The third kappa shape index (κ3) is 2.58. The van der Waals surface area contributed by atoms with Crippen LogP contribution in [0.2, 0.25) is 0 Å². The summed E-state index contributed by atoms with van der Waals surface area (Å²) < 4.78 is 4.53. The quantitative estimate of drug-likeness (QED) is 0.247. The monoisotopic (exact) mass is 460 g/mol. The van der Waals surface area contributed by atoms with Crippen molar-refractivity contribution >= 4 is 49.4 Å². The van der Waals surface area contributed by atoms with Gasteiger partial charge in [-0.3, -0.25) is 8.97 Å². The minimum Gasteiger partial charge on any atom is -0.275 e. The van der Waals surface area contributed by atoms with Crippen LogP contribution in [0, 0.1) is 0 Å². The number of imidazole rings is 2. The molecule has 4 nitrogen and oxygen atoms in total. The van der Waals surface area contributed by atoms with Gasteiger partial charge in [-0.1, -0.05) is 97.1 Å². The SMILES string of the molecule is c1ccc(-c2cccc(-n3c4c5ccccc5c5ccccc5c4n4c5ccccc5nc34)n2)cc1. The fourth-order valence-corrected chi connectivity index (χ4v) is 5.57. The Morgan fingerprint density at radius 3 is 1.89 bits per heavy atom. The molecule has 0 unspecified atom stereocenters. The van der Waals surface area contributed by atoms with Gasteiger partial charge in [-0.2, -0.15) is 0 Å². The van der Waals surface area contributed by atoms with Crippen molar-refractivity contribution in [2.75, 3.05) is 0 Å². The lowest BCUT2D eigenvalue weighted by molar-refractivity contribution is 1.05. The highest BCUT2D eigenvalue weighted by atomic mass is 15.2. The summed E-state index contributed by atoms with van der Waals surface area (Å²) in [5.74, 6) is 1.72. The molecule has 8 rings (SSSR count). The molecule has 0 bridgehead atoms. The molecule has 0 saturated carbocycles. The zero-order valence-corrected chi connectivity index (χ0v) is 19.3. The Labute approximate surface area is 206 Å². The predicted octanol–water partition coefficient (Wildman–Crippen LogP) is 7.80. The topological polar surface area (TPSA) is 35.1 Å². The van der Waals surface area contributed by atoms with Crippen molar-refractivity contribution in [1.82, 2.24) is 18.9 Å². The molecule has 0 aliphatic carbocycles. The van der Waals surface area contributed by atoms with E-state index >= 15 is 0 Å². The summed E-state index contributed by atoms with van der Waals surface area (Å²) in [6.07, 6.45) is 0. The van der Waals surface area contributed by atoms with Crippen LogP contribution >= 0.6 is 0 Å². The zero-order chi connectivity index (χ0) is 23.6. The predicted molar refractivity (Wildman–Crippen MR) is 148 cm³/mol. The molecule has 0 amide bonds. The summed E-state index contributed by atoms with van der Waals surface area (Å²) in [4.78, 5) is 10.3. The highest BCUT2D eigenvalue weighted by Crippen LogP contribution is 2.39. The zero-order valence-electron chi connectivity index (χ0n) is 19.3. The molecule has 0 aliphatic rings. The lowest BCUT2D eigenvalue weighted by atomic mass is 10.00. The smallest absolute Gasteiger partial charge is 0.221 e. The molecule has 0 radical (unpaired) electrons. The van der Waals surface area contributed by atoms with E-state index < -0.39 is 0 Å². The van der Waals surface area contributed by atoms with Gasteiger partial charge in [0.1, 0.15) is 5.82 Å². The first-order valence-corrected chi connectivity index (χ1v) is 12.1. The van der Waals surface area contributed by atoms with E-state index in [1.54, 1.807) is 0 Å². The van der Waals surface area contributed by atoms with Crippen molar-refractivity contribution in [3.05, 3.63) is 121 Å². The Kier molecular flexibility index (Phi) is 3.91. The van der Waals surface area contributed by atoms with Gasteiger partial charge < -0.3 is 0 Å². The van der Waals surface area contributed by atoms with Crippen molar-refractivity contribution in [3.63, 3.8) is 0 Å². The second kappa shape index (κ2) is 7.27. The molecule has 0 atom stereocenters. The Balaban J connectivity index is 1.62. The van der Waals surface area contributed by atoms with Crippen molar-refractivity contribution in [3.8, 4) is 17.1 Å². The van der Waals surface area contributed by atoms with Gasteiger partial charge in [0.15, 0.2) is 0 Å². The van der Waals surface area contributed by atoms with E-state index in [1.165, 1.54) is 21.5 Å². The van der Waals surface area contributed by atoms with E-state index in [9.17, 15) is 0 Å². The van der Waals surface area contributed by atoms with Crippen molar-refractivity contribution in [2.24, 2.45) is 0 Å². The lowest BCUT2D eigenvalue weighted by Gasteiger charge is -2.11. The molecule has 0 aliphatic heterocycles. The molecule has 36 heavy (non-hydrogen) atoms. The molecule has 168 valence electrons. The fraction of sp³-hybridized carbons (Fsp3) is 0. The van der Waals surface area contributed by atoms with Crippen molar-refractivity contribution in [1.29, 1.82) is 0 Å². The largest absolute Gasteiger partial charge is 0.275 e. The van der Waals surface area contributed by atoms with Crippen LogP contribution in [0.15, 0.2) is 121 Å². The van der Waals surface area contributed by atoms with Crippen LogP contribution in [0.5, 0.6) is 0 Å². The first-order valence-electron chi connectivity index (χ1n) is 12.1. The molecule has 0 saturated heterocycles. The summed E-state index contributed by atoms with van der Waals surface area (Å²) in [7, 11) is 0. The van der Waals surface area contributed by atoms with Gasteiger partial charge >= 0.3 is 0 Å². The van der Waals surface area contributed by atoms with Crippen LogP contribution < -0.4 is 0 Å². The number of rotatable bonds is 2. The number of benzene rings is 5. The highest BCUT2D eigenvalue weighted by molar-refractivity contribution is 6.25. The van der Waals surface area contributed by atoms with Crippen molar-refractivity contribution in [2.45, 2.75) is 0 Å². The minimum absolute atomic E-state index is 0.854. The third-order valence-corrected chi connectivity index (χ3v) is 7.10. The second-order valence-electron chi connectivity index (χ2n) is 9.11. The molecule has 0 spiro atoms. The highest BCUT2D eigenvalue weighted by Gasteiger charge is 2.22. The Morgan fingerprint density at radius 1 is 0.472 bits per heavy atom. The number of aromatic nitrogens is 4. The number of fused-ring (bicyclic) bond motifs is 10. The van der Waals surface area contributed by atoms with Crippen LogP contribution in [0.4, 0.5) is 0 Å². The van der Waals surface area contributed by atoms with Gasteiger partial charge in [0, 0.05) is 16.3 Å². The molecule has 5 aromatic carbocycles. The summed E-state index contributed by atoms with van der Waals surface area (Å²) in [6.45, 7) is 0. The number of hydrogen-bond acceptors (Lipinski definition) is 2. The minimum atomic E-state index is 0.854. The van der Waals surface area contributed by atoms with Crippen molar-refractivity contribution < 1.29 is 0 Å². The van der Waals surface area contributed by atoms with E-state index in [2.05, 4.69) is 106 Å². The van der Waals surface area contributed by atoms with Crippen LogP contribution in [0.25, 0.3) is 66.5 Å². The fourth-order valence-electron chi connectivity index (χ4n) is 5.57. The average Bonchev–Trinajstić information content (AvgIpc) is 3.49. The number of para-hydroxylation sites is 2. The van der Waals surface area contributed by atoms with Gasteiger partial charge in [-0.25, -0.2) is 9.97 Å². The number of hydrogen-bond donors (Lipinski definition) is 0. The normalized spacial score (nSPS) is 11.9. The summed E-state index contributed by atoms with van der Waals surface area (Å²) in [5.41, 5.74) is 6.37. The van der Waals surface area contributed by atoms with Gasteiger partial charge in [0.25, 0.3) is 0 Å². The molecule has 3 heterocycles. The van der Waals surface area contributed by atoms with Gasteiger partial charge in [0.05, 0.1) is 27.8 Å². The van der Waals surface area contributed by atoms with Crippen LogP contribution in [-0.4, -0.2) is 18.9 Å². The first-order chi connectivity index (χ1) is 17.9. The van der Waals surface area contributed by atoms with Crippen LogP contribution in [0.3, 0.4) is 0 Å². The molecular formula is C32H20N4. The maximum atomic E-state index is 5.15. The van der Waals surface area contributed by atoms with Crippen LogP contribution in [0.1, 0.15) is 0 Å². The number of pyridine rings is 1. The summed E-state index contributed by atoms with van der Waals surface area (Å²) >= 11 is 0.